The lowest BCUT2D eigenvalue weighted by Crippen LogP contribution is -2.36. The zero-order chi connectivity index (χ0) is 14.3. The summed E-state index contributed by atoms with van der Waals surface area (Å²) in [4.78, 5) is 23.9. The van der Waals surface area contributed by atoms with Crippen LogP contribution >= 0.6 is 0 Å². The third-order valence-corrected chi connectivity index (χ3v) is 2.88. The van der Waals surface area contributed by atoms with E-state index < -0.39 is 5.97 Å². The van der Waals surface area contributed by atoms with Crippen LogP contribution in [0.5, 0.6) is 0 Å². The first-order valence-electron chi connectivity index (χ1n) is 6.43. The Morgan fingerprint density at radius 3 is 2.32 bits per heavy atom. The molecule has 2 N–H and O–H groups in total. The summed E-state index contributed by atoms with van der Waals surface area (Å²) < 4.78 is 0. The molecule has 19 heavy (non-hydrogen) atoms. The molecule has 0 unspecified atom stereocenters. The maximum absolute atomic E-state index is 11.9. The van der Waals surface area contributed by atoms with Gasteiger partial charge >= 0.3 is 12.0 Å². The number of hydrogen-bond donors (Lipinski definition) is 2. The number of aliphatic carboxylic acids is 1. The second kappa shape index (κ2) is 7.41. The molecule has 0 aromatic heterocycles. The van der Waals surface area contributed by atoms with Crippen LogP contribution in [-0.4, -0.2) is 35.1 Å². The van der Waals surface area contributed by atoms with Crippen LogP contribution in [0.25, 0.3) is 0 Å². The van der Waals surface area contributed by atoms with Crippen LogP contribution in [0.15, 0.2) is 24.3 Å². The van der Waals surface area contributed by atoms with E-state index in [0.29, 0.717) is 6.54 Å². The van der Waals surface area contributed by atoms with Crippen molar-refractivity contribution in [1.29, 1.82) is 0 Å². The lowest BCUT2D eigenvalue weighted by molar-refractivity contribution is -0.137. The van der Waals surface area contributed by atoms with Crippen molar-refractivity contribution >= 4 is 17.7 Å². The number of rotatable bonds is 6. The molecule has 0 atom stereocenters. The molecule has 104 valence electrons. The Bertz CT molecular complexity index is 429. The monoisotopic (exact) mass is 264 g/mol. The number of amides is 2. The molecule has 5 nitrogen and oxygen atoms in total. The first kappa shape index (κ1) is 15.0. The normalized spacial score (nSPS) is 10.0. The molecule has 0 aliphatic rings. The van der Waals surface area contributed by atoms with E-state index in [1.807, 2.05) is 31.2 Å². The van der Waals surface area contributed by atoms with Gasteiger partial charge in [-0.1, -0.05) is 19.1 Å². The number of hydrogen-bond acceptors (Lipinski definition) is 2. The average molecular weight is 264 g/mol. The van der Waals surface area contributed by atoms with Gasteiger partial charge in [0, 0.05) is 18.8 Å². The maximum atomic E-state index is 11.9. The van der Waals surface area contributed by atoms with E-state index in [1.165, 1.54) is 10.5 Å². The fourth-order valence-electron chi connectivity index (χ4n) is 1.66. The second-order valence-corrected chi connectivity index (χ2v) is 4.20. The maximum Gasteiger partial charge on any atom is 0.321 e. The summed E-state index contributed by atoms with van der Waals surface area (Å²) in [6.45, 7) is 4.58. The molecule has 0 bridgehead atoms. The van der Waals surface area contributed by atoms with Crippen LogP contribution in [0.1, 0.15) is 25.8 Å². The molecular weight excluding hydrogens is 244 g/mol. The summed E-state index contributed by atoms with van der Waals surface area (Å²) in [6.07, 6.45) is 0.907. The summed E-state index contributed by atoms with van der Waals surface area (Å²) in [5.41, 5.74) is 1.92. The van der Waals surface area contributed by atoms with Gasteiger partial charge in [-0.05, 0) is 31.0 Å². The van der Waals surface area contributed by atoms with Crippen molar-refractivity contribution in [2.75, 3.05) is 18.4 Å². The summed E-state index contributed by atoms with van der Waals surface area (Å²) in [6, 6.07) is 7.35. The number of nitrogens with one attached hydrogen (secondary N) is 1. The number of carbonyl (C=O) groups is 2. The van der Waals surface area contributed by atoms with Crippen molar-refractivity contribution in [3.63, 3.8) is 0 Å². The summed E-state index contributed by atoms with van der Waals surface area (Å²) in [7, 11) is 0. The lowest BCUT2D eigenvalue weighted by atomic mass is 10.1. The molecule has 0 fully saturated rings. The first-order valence-corrected chi connectivity index (χ1v) is 6.43. The number of carbonyl (C=O) groups excluding carboxylic acids is 1. The fourth-order valence-corrected chi connectivity index (χ4v) is 1.66. The van der Waals surface area contributed by atoms with Gasteiger partial charge < -0.3 is 15.3 Å². The minimum atomic E-state index is -0.904. The van der Waals surface area contributed by atoms with E-state index in [1.54, 1.807) is 0 Å². The van der Waals surface area contributed by atoms with Gasteiger partial charge in [-0.2, -0.15) is 0 Å². The third kappa shape index (κ3) is 4.99. The summed E-state index contributed by atoms with van der Waals surface area (Å²) in [5.74, 6) is -0.904. The molecule has 0 saturated carbocycles. The van der Waals surface area contributed by atoms with Gasteiger partial charge in [-0.15, -0.1) is 0 Å². The van der Waals surface area contributed by atoms with Crippen LogP contribution in [0, 0.1) is 0 Å². The van der Waals surface area contributed by atoms with Crippen LogP contribution in [0.2, 0.25) is 0 Å². The molecule has 1 aromatic carbocycles. The Balaban J connectivity index is 2.57. The highest BCUT2D eigenvalue weighted by Gasteiger charge is 2.12. The first-order chi connectivity index (χ1) is 9.06. The van der Waals surface area contributed by atoms with Crippen LogP contribution in [0.4, 0.5) is 10.5 Å². The van der Waals surface area contributed by atoms with E-state index in [4.69, 9.17) is 5.11 Å². The Kier molecular flexibility index (Phi) is 5.85. The highest BCUT2D eigenvalue weighted by atomic mass is 16.4. The van der Waals surface area contributed by atoms with Crippen LogP contribution in [0.3, 0.4) is 0 Å². The van der Waals surface area contributed by atoms with Gasteiger partial charge in [0.2, 0.25) is 0 Å². The standard InChI is InChI=1S/C14H20N2O3/c1-3-11-5-7-12(8-6-11)15-14(19)16(4-2)10-9-13(17)18/h5-8H,3-4,9-10H2,1-2H3,(H,15,19)(H,17,18). The Morgan fingerprint density at radius 1 is 1.21 bits per heavy atom. The quantitative estimate of drug-likeness (QED) is 0.829. The zero-order valence-corrected chi connectivity index (χ0v) is 11.3. The highest BCUT2D eigenvalue weighted by Crippen LogP contribution is 2.11. The SMILES string of the molecule is CCc1ccc(NC(=O)N(CC)CCC(=O)O)cc1. The third-order valence-electron chi connectivity index (χ3n) is 2.88. The molecule has 0 spiro atoms. The molecule has 5 heteroatoms. The predicted molar refractivity (Wildman–Crippen MR) is 74.3 cm³/mol. The lowest BCUT2D eigenvalue weighted by Gasteiger charge is -2.20. The van der Waals surface area contributed by atoms with E-state index in [0.717, 1.165) is 12.1 Å². The van der Waals surface area contributed by atoms with E-state index in [-0.39, 0.29) is 19.0 Å². The van der Waals surface area contributed by atoms with Gasteiger partial charge in [0.15, 0.2) is 0 Å². The molecule has 2 amide bonds. The fraction of sp³-hybridized carbons (Fsp3) is 0.429. The van der Waals surface area contributed by atoms with Crippen LogP contribution in [-0.2, 0) is 11.2 Å². The highest BCUT2D eigenvalue weighted by molar-refractivity contribution is 5.89. The Morgan fingerprint density at radius 2 is 1.84 bits per heavy atom. The number of urea groups is 1. The molecule has 0 radical (unpaired) electrons. The molecule has 1 rings (SSSR count). The number of aryl methyl sites for hydroxylation is 1. The Labute approximate surface area is 113 Å². The van der Waals surface area contributed by atoms with Crippen molar-refractivity contribution in [2.45, 2.75) is 26.7 Å². The van der Waals surface area contributed by atoms with Crippen molar-refractivity contribution in [3.05, 3.63) is 29.8 Å². The number of benzene rings is 1. The number of anilines is 1. The van der Waals surface area contributed by atoms with Gasteiger partial charge in [0.05, 0.1) is 6.42 Å². The zero-order valence-electron chi connectivity index (χ0n) is 11.3. The van der Waals surface area contributed by atoms with E-state index in [9.17, 15) is 9.59 Å². The van der Waals surface area contributed by atoms with Gasteiger partial charge in [-0.3, -0.25) is 4.79 Å². The van der Waals surface area contributed by atoms with Crippen LogP contribution < -0.4 is 5.32 Å². The molecule has 0 aliphatic carbocycles. The smallest absolute Gasteiger partial charge is 0.321 e. The topological polar surface area (TPSA) is 69.6 Å². The minimum absolute atomic E-state index is 0.0456. The van der Waals surface area contributed by atoms with Crippen molar-refractivity contribution in [3.8, 4) is 0 Å². The van der Waals surface area contributed by atoms with E-state index in [2.05, 4.69) is 12.2 Å². The van der Waals surface area contributed by atoms with Crippen molar-refractivity contribution in [2.24, 2.45) is 0 Å². The number of carboxylic acid groups (broad SMARTS) is 1. The van der Waals surface area contributed by atoms with Crippen molar-refractivity contribution in [1.82, 2.24) is 4.90 Å². The van der Waals surface area contributed by atoms with Crippen molar-refractivity contribution < 1.29 is 14.7 Å². The summed E-state index contributed by atoms with van der Waals surface area (Å²) >= 11 is 0. The molecular formula is C14H20N2O3. The predicted octanol–water partition coefficient (Wildman–Crippen LogP) is 2.58. The molecule has 0 saturated heterocycles. The second-order valence-electron chi connectivity index (χ2n) is 4.20. The average Bonchev–Trinajstić information content (AvgIpc) is 2.40. The molecule has 1 aromatic rings. The number of nitrogens with zero attached hydrogens (tertiary/aromatic N) is 1. The number of carboxylic acids is 1. The molecule has 0 aliphatic heterocycles. The Hall–Kier alpha value is -2.04. The van der Waals surface area contributed by atoms with Gasteiger partial charge in [-0.25, -0.2) is 4.79 Å². The van der Waals surface area contributed by atoms with Gasteiger partial charge in [0.1, 0.15) is 0 Å². The molecule has 0 heterocycles. The minimum Gasteiger partial charge on any atom is -0.481 e. The van der Waals surface area contributed by atoms with Gasteiger partial charge in [0.25, 0.3) is 0 Å². The summed E-state index contributed by atoms with van der Waals surface area (Å²) in [5, 5.41) is 11.4. The largest absolute Gasteiger partial charge is 0.481 e. The van der Waals surface area contributed by atoms with E-state index >= 15 is 0 Å².